The van der Waals surface area contributed by atoms with E-state index >= 15 is 0 Å². The molecule has 0 bridgehead atoms. The number of aryl methyl sites for hydroxylation is 1. The van der Waals surface area contributed by atoms with E-state index in [0.717, 1.165) is 4.47 Å². The Morgan fingerprint density at radius 1 is 1.10 bits per heavy atom. The van der Waals surface area contributed by atoms with Gasteiger partial charge in [0.2, 0.25) is 0 Å². The average molecular weight is 355 g/mol. The van der Waals surface area contributed by atoms with Gasteiger partial charge in [-0.05, 0) is 48.1 Å². The fourth-order valence-electron chi connectivity index (χ4n) is 2.29. The molecule has 0 aliphatic heterocycles. The van der Waals surface area contributed by atoms with Crippen molar-refractivity contribution in [2.24, 2.45) is 0 Å². The Morgan fingerprint density at radius 3 is 2.48 bits per heavy atom. The van der Waals surface area contributed by atoms with Gasteiger partial charge in [0.15, 0.2) is 0 Å². The summed E-state index contributed by atoms with van der Waals surface area (Å²) in [4.78, 5) is 0. The summed E-state index contributed by atoms with van der Waals surface area (Å²) in [6, 6.07) is 9.89. The zero-order valence-electron chi connectivity index (χ0n) is 12.0. The zero-order valence-corrected chi connectivity index (χ0v) is 13.6. The lowest BCUT2D eigenvalue weighted by Gasteiger charge is -2.14. The summed E-state index contributed by atoms with van der Waals surface area (Å²) in [6.45, 7) is 1.95. The van der Waals surface area contributed by atoms with Crippen molar-refractivity contribution in [2.45, 2.75) is 25.7 Å². The first kappa shape index (κ1) is 16.0. The predicted molar refractivity (Wildman–Crippen MR) is 83.8 cm³/mol. The van der Waals surface area contributed by atoms with Crippen LogP contribution in [0.15, 0.2) is 40.9 Å². The van der Waals surface area contributed by atoms with Gasteiger partial charge in [-0.25, -0.2) is 8.78 Å². The van der Waals surface area contributed by atoms with E-state index in [2.05, 4.69) is 15.9 Å². The molecule has 0 radical (unpaired) electrons. The highest BCUT2D eigenvalue weighted by molar-refractivity contribution is 9.10. The molecule has 1 unspecified atom stereocenters. The topological polar surface area (TPSA) is 9.23 Å². The van der Waals surface area contributed by atoms with Gasteiger partial charge in [0, 0.05) is 10.5 Å². The largest absolute Gasteiger partial charge is 0.497 e. The molecule has 0 saturated carbocycles. The Labute approximate surface area is 132 Å². The van der Waals surface area contributed by atoms with Crippen molar-refractivity contribution in [1.82, 2.24) is 0 Å². The number of halogens is 3. The third-order valence-electron chi connectivity index (χ3n) is 3.60. The van der Waals surface area contributed by atoms with Crippen LogP contribution in [0.3, 0.4) is 0 Å². The summed E-state index contributed by atoms with van der Waals surface area (Å²) in [6.07, 6.45) is 1.26. The number of hydrogen-bond acceptors (Lipinski definition) is 1. The molecule has 1 nitrogen and oxygen atoms in total. The minimum absolute atomic E-state index is 0.0129. The molecule has 1 atom stereocenters. The number of rotatable bonds is 5. The summed E-state index contributed by atoms with van der Waals surface area (Å²) in [5.74, 6) is 0.00580. The van der Waals surface area contributed by atoms with Crippen LogP contribution in [0.2, 0.25) is 0 Å². The third kappa shape index (κ3) is 4.03. The van der Waals surface area contributed by atoms with Crippen molar-refractivity contribution in [3.05, 3.63) is 63.6 Å². The van der Waals surface area contributed by atoms with E-state index in [0.29, 0.717) is 29.7 Å². The van der Waals surface area contributed by atoms with Crippen molar-refractivity contribution in [1.29, 1.82) is 0 Å². The molecule has 0 aliphatic rings. The average Bonchev–Trinajstić information content (AvgIpc) is 2.45. The van der Waals surface area contributed by atoms with Gasteiger partial charge in [0.05, 0.1) is 7.11 Å². The van der Waals surface area contributed by atoms with Crippen LogP contribution < -0.4 is 4.74 Å². The molecule has 0 heterocycles. The Bertz CT molecular complexity index is 628. The predicted octanol–water partition coefficient (Wildman–Crippen LogP) is 5.47. The molecule has 0 fully saturated rings. The minimum Gasteiger partial charge on any atom is -0.497 e. The van der Waals surface area contributed by atoms with E-state index in [1.165, 1.54) is 19.2 Å². The molecule has 112 valence electrons. The van der Waals surface area contributed by atoms with E-state index in [1.807, 2.05) is 13.0 Å². The van der Waals surface area contributed by atoms with Gasteiger partial charge in [0.1, 0.15) is 17.4 Å². The van der Waals surface area contributed by atoms with E-state index in [9.17, 15) is 8.78 Å². The normalized spacial score (nSPS) is 12.2. The van der Waals surface area contributed by atoms with Crippen molar-refractivity contribution < 1.29 is 13.5 Å². The molecule has 0 saturated heterocycles. The van der Waals surface area contributed by atoms with Crippen molar-refractivity contribution >= 4 is 15.9 Å². The highest BCUT2D eigenvalue weighted by Crippen LogP contribution is 2.27. The molecule has 0 amide bonds. The van der Waals surface area contributed by atoms with E-state index in [1.54, 1.807) is 18.2 Å². The second-order valence-electron chi connectivity index (χ2n) is 5.06. The van der Waals surface area contributed by atoms with Crippen molar-refractivity contribution in [3.8, 4) is 5.75 Å². The molecule has 2 aromatic rings. The van der Waals surface area contributed by atoms with Crippen LogP contribution in [0.25, 0.3) is 0 Å². The van der Waals surface area contributed by atoms with Crippen molar-refractivity contribution in [3.63, 3.8) is 0 Å². The van der Waals surface area contributed by atoms with Crippen LogP contribution >= 0.6 is 15.9 Å². The van der Waals surface area contributed by atoms with Crippen LogP contribution in [-0.4, -0.2) is 7.11 Å². The van der Waals surface area contributed by atoms with E-state index in [-0.39, 0.29) is 17.6 Å². The smallest absolute Gasteiger partial charge is 0.130 e. The Morgan fingerprint density at radius 2 is 1.86 bits per heavy atom. The first-order valence-electron chi connectivity index (χ1n) is 6.78. The Kier molecular flexibility index (Phi) is 5.34. The first-order chi connectivity index (χ1) is 10.0. The maximum Gasteiger partial charge on any atom is 0.130 e. The molecule has 0 aliphatic carbocycles. The van der Waals surface area contributed by atoms with E-state index < -0.39 is 0 Å². The molecular formula is C17H17BrF2O. The molecule has 0 spiro atoms. The maximum absolute atomic E-state index is 14.0. The fourth-order valence-corrected chi connectivity index (χ4v) is 2.62. The van der Waals surface area contributed by atoms with Gasteiger partial charge in [-0.3, -0.25) is 0 Å². The zero-order chi connectivity index (χ0) is 15.4. The van der Waals surface area contributed by atoms with Gasteiger partial charge in [0.25, 0.3) is 0 Å². The summed E-state index contributed by atoms with van der Waals surface area (Å²) < 4.78 is 33.5. The van der Waals surface area contributed by atoms with Crippen LogP contribution in [0.4, 0.5) is 8.78 Å². The molecule has 21 heavy (non-hydrogen) atoms. The summed E-state index contributed by atoms with van der Waals surface area (Å²) in [5, 5.41) is 0. The second kappa shape index (κ2) is 7.03. The monoisotopic (exact) mass is 354 g/mol. The Balaban J connectivity index is 2.06. The number of ether oxygens (including phenoxy) is 1. The third-order valence-corrected chi connectivity index (χ3v) is 4.09. The molecule has 4 heteroatoms. The van der Waals surface area contributed by atoms with Gasteiger partial charge in [-0.15, -0.1) is 0 Å². The lowest BCUT2D eigenvalue weighted by Crippen LogP contribution is -2.01. The molecule has 2 aromatic carbocycles. The number of methoxy groups -OCH3 is 1. The van der Waals surface area contributed by atoms with Crippen LogP contribution in [0.1, 0.15) is 30.4 Å². The van der Waals surface area contributed by atoms with Crippen LogP contribution in [-0.2, 0) is 6.42 Å². The quantitative estimate of drug-likeness (QED) is 0.691. The lowest BCUT2D eigenvalue weighted by molar-refractivity contribution is 0.410. The molecule has 2 rings (SSSR count). The Hall–Kier alpha value is -1.42. The standard InChI is InChI=1S/C17H17BrF2O/c1-11(15-8-7-14(21-2)10-17(15)20)3-4-12-5-6-13(18)9-16(12)19/h5-11H,3-4H2,1-2H3. The SMILES string of the molecule is COc1ccc(C(C)CCc2ccc(Br)cc2F)c(F)c1. The molecule has 0 aromatic heterocycles. The van der Waals surface area contributed by atoms with Crippen molar-refractivity contribution in [2.75, 3.05) is 7.11 Å². The van der Waals surface area contributed by atoms with Gasteiger partial charge >= 0.3 is 0 Å². The van der Waals surface area contributed by atoms with Gasteiger partial charge in [-0.1, -0.05) is 35.0 Å². The fraction of sp³-hybridized carbons (Fsp3) is 0.294. The molecule has 0 N–H and O–H groups in total. The number of benzene rings is 2. The molecular weight excluding hydrogens is 338 g/mol. The summed E-state index contributed by atoms with van der Waals surface area (Å²) in [5.41, 5.74) is 1.28. The highest BCUT2D eigenvalue weighted by atomic mass is 79.9. The second-order valence-corrected chi connectivity index (χ2v) is 5.98. The summed E-state index contributed by atoms with van der Waals surface area (Å²) in [7, 11) is 1.51. The number of hydrogen-bond donors (Lipinski definition) is 0. The minimum atomic E-state index is -0.280. The van der Waals surface area contributed by atoms with Gasteiger partial charge < -0.3 is 4.74 Å². The summed E-state index contributed by atoms with van der Waals surface area (Å²) >= 11 is 3.23. The highest BCUT2D eigenvalue weighted by Gasteiger charge is 2.13. The first-order valence-corrected chi connectivity index (χ1v) is 7.58. The van der Waals surface area contributed by atoms with Crippen LogP contribution in [0, 0.1) is 11.6 Å². The van der Waals surface area contributed by atoms with Gasteiger partial charge in [-0.2, -0.15) is 0 Å². The van der Waals surface area contributed by atoms with Crippen LogP contribution in [0.5, 0.6) is 5.75 Å². The maximum atomic E-state index is 14.0. The van der Waals surface area contributed by atoms with E-state index in [4.69, 9.17) is 4.74 Å². The lowest BCUT2D eigenvalue weighted by atomic mass is 9.93.